The fourth-order valence-electron chi connectivity index (χ4n) is 0.781. The molecule has 0 spiro atoms. The summed E-state index contributed by atoms with van der Waals surface area (Å²) in [5.74, 6) is 0.407. The lowest BCUT2D eigenvalue weighted by molar-refractivity contribution is -0.123. The maximum atomic E-state index is 10.9. The lowest BCUT2D eigenvalue weighted by atomic mass is 10.3. The molecule has 1 aliphatic rings. The van der Waals surface area contributed by atoms with Gasteiger partial charge < -0.3 is 16.2 Å². The van der Waals surface area contributed by atoms with E-state index in [-0.39, 0.29) is 12.5 Å². The standard InChI is InChI=1S/C7H14N2O2/c8-6(4-10)7(11)9-3-5-1-2-5/h5-6,10H,1-4,8H2,(H,9,11). The zero-order valence-corrected chi connectivity index (χ0v) is 6.42. The van der Waals surface area contributed by atoms with E-state index in [1.807, 2.05) is 0 Å². The van der Waals surface area contributed by atoms with Gasteiger partial charge in [0, 0.05) is 6.54 Å². The smallest absolute Gasteiger partial charge is 0.239 e. The van der Waals surface area contributed by atoms with Gasteiger partial charge in [-0.15, -0.1) is 0 Å². The summed E-state index contributed by atoms with van der Waals surface area (Å²) in [6, 6.07) is -0.756. The third-order valence-electron chi connectivity index (χ3n) is 1.80. The van der Waals surface area contributed by atoms with Gasteiger partial charge in [0.25, 0.3) is 0 Å². The zero-order valence-electron chi connectivity index (χ0n) is 6.42. The molecule has 0 heterocycles. The summed E-state index contributed by atoms with van der Waals surface area (Å²) in [7, 11) is 0. The molecule has 1 unspecified atom stereocenters. The zero-order chi connectivity index (χ0) is 8.27. The molecule has 1 aliphatic carbocycles. The lowest BCUT2D eigenvalue weighted by Gasteiger charge is -2.07. The van der Waals surface area contributed by atoms with Crippen molar-refractivity contribution in [3.8, 4) is 0 Å². The number of hydrogen-bond acceptors (Lipinski definition) is 3. The number of nitrogens with two attached hydrogens (primary N) is 1. The minimum atomic E-state index is -0.756. The SMILES string of the molecule is NC(CO)C(=O)NCC1CC1. The molecule has 4 N–H and O–H groups in total. The second-order valence-corrected chi connectivity index (χ2v) is 2.98. The van der Waals surface area contributed by atoms with Crippen molar-refractivity contribution in [3.63, 3.8) is 0 Å². The topological polar surface area (TPSA) is 75.3 Å². The molecule has 0 bridgehead atoms. The summed E-state index contributed by atoms with van der Waals surface area (Å²) >= 11 is 0. The van der Waals surface area contributed by atoms with Crippen LogP contribution >= 0.6 is 0 Å². The first-order valence-corrected chi connectivity index (χ1v) is 3.88. The summed E-state index contributed by atoms with van der Waals surface area (Å²) in [4.78, 5) is 10.9. The minimum absolute atomic E-state index is 0.251. The van der Waals surface area contributed by atoms with Crippen molar-refractivity contribution in [2.24, 2.45) is 11.7 Å². The van der Waals surface area contributed by atoms with E-state index in [1.54, 1.807) is 0 Å². The van der Waals surface area contributed by atoms with Crippen molar-refractivity contribution in [1.82, 2.24) is 5.32 Å². The van der Waals surface area contributed by atoms with Crippen LogP contribution in [0.1, 0.15) is 12.8 Å². The minimum Gasteiger partial charge on any atom is -0.394 e. The van der Waals surface area contributed by atoms with Crippen LogP contribution in [-0.2, 0) is 4.79 Å². The Morgan fingerprint density at radius 2 is 2.36 bits per heavy atom. The molecule has 0 saturated heterocycles. The van der Waals surface area contributed by atoms with Gasteiger partial charge in [0.15, 0.2) is 0 Å². The van der Waals surface area contributed by atoms with Gasteiger partial charge in [-0.2, -0.15) is 0 Å². The van der Waals surface area contributed by atoms with Gasteiger partial charge in [-0.3, -0.25) is 4.79 Å². The molecule has 0 radical (unpaired) electrons. The largest absolute Gasteiger partial charge is 0.394 e. The monoisotopic (exact) mass is 158 g/mol. The van der Waals surface area contributed by atoms with Gasteiger partial charge in [0.1, 0.15) is 6.04 Å². The van der Waals surface area contributed by atoms with Crippen LogP contribution in [0.3, 0.4) is 0 Å². The molecule has 64 valence electrons. The predicted octanol–water partition coefficient (Wildman–Crippen LogP) is -1.17. The number of hydrogen-bond donors (Lipinski definition) is 3. The van der Waals surface area contributed by atoms with Gasteiger partial charge in [-0.1, -0.05) is 0 Å². The molecule has 1 saturated carbocycles. The van der Waals surface area contributed by atoms with Crippen LogP contribution in [0.2, 0.25) is 0 Å². The number of carbonyl (C=O) groups is 1. The number of amides is 1. The normalized spacial score (nSPS) is 19.5. The Morgan fingerprint density at radius 1 is 1.73 bits per heavy atom. The Labute approximate surface area is 65.8 Å². The van der Waals surface area contributed by atoms with Crippen molar-refractivity contribution in [2.75, 3.05) is 13.2 Å². The number of aliphatic hydroxyl groups excluding tert-OH is 1. The highest BCUT2D eigenvalue weighted by molar-refractivity contribution is 5.81. The van der Waals surface area contributed by atoms with Gasteiger partial charge in [0.2, 0.25) is 5.91 Å². The number of rotatable bonds is 4. The van der Waals surface area contributed by atoms with E-state index in [1.165, 1.54) is 12.8 Å². The molecule has 0 aromatic rings. The molecule has 1 atom stereocenters. The van der Waals surface area contributed by atoms with Gasteiger partial charge in [-0.25, -0.2) is 0 Å². The van der Waals surface area contributed by atoms with Crippen molar-refractivity contribution < 1.29 is 9.90 Å². The van der Waals surface area contributed by atoms with Crippen molar-refractivity contribution in [2.45, 2.75) is 18.9 Å². The third kappa shape index (κ3) is 2.86. The third-order valence-corrected chi connectivity index (χ3v) is 1.80. The second kappa shape index (κ2) is 3.69. The van der Waals surface area contributed by atoms with Gasteiger partial charge >= 0.3 is 0 Å². The molecule has 1 fully saturated rings. The maximum absolute atomic E-state index is 10.9. The molecule has 4 heteroatoms. The molecule has 4 nitrogen and oxygen atoms in total. The number of nitrogens with one attached hydrogen (secondary N) is 1. The quantitative estimate of drug-likeness (QED) is 0.482. The van der Waals surface area contributed by atoms with Gasteiger partial charge in [0.05, 0.1) is 6.61 Å². The Morgan fingerprint density at radius 3 is 2.82 bits per heavy atom. The Balaban J connectivity index is 2.08. The Kier molecular flexibility index (Phi) is 2.84. The fraction of sp³-hybridized carbons (Fsp3) is 0.857. The fourth-order valence-corrected chi connectivity index (χ4v) is 0.781. The molecule has 0 aromatic heterocycles. The van der Waals surface area contributed by atoms with Crippen LogP contribution < -0.4 is 11.1 Å². The average Bonchev–Trinajstić information content (AvgIpc) is 2.81. The summed E-state index contributed by atoms with van der Waals surface area (Å²) < 4.78 is 0. The summed E-state index contributed by atoms with van der Waals surface area (Å²) in [6.07, 6.45) is 2.41. The van der Waals surface area contributed by atoms with Crippen LogP contribution in [0.15, 0.2) is 0 Å². The highest BCUT2D eigenvalue weighted by atomic mass is 16.3. The Hall–Kier alpha value is -0.610. The lowest BCUT2D eigenvalue weighted by Crippen LogP contribution is -2.43. The van der Waals surface area contributed by atoms with Crippen LogP contribution in [-0.4, -0.2) is 30.2 Å². The molecular formula is C7H14N2O2. The van der Waals surface area contributed by atoms with Crippen molar-refractivity contribution >= 4 is 5.91 Å². The first-order chi connectivity index (χ1) is 5.24. The summed E-state index contributed by atoms with van der Waals surface area (Å²) in [5, 5.41) is 11.2. The average molecular weight is 158 g/mol. The van der Waals surface area contributed by atoms with Crippen LogP contribution in [0, 0.1) is 5.92 Å². The van der Waals surface area contributed by atoms with E-state index in [2.05, 4.69) is 5.32 Å². The maximum Gasteiger partial charge on any atom is 0.239 e. The van der Waals surface area contributed by atoms with Crippen molar-refractivity contribution in [1.29, 1.82) is 0 Å². The first-order valence-electron chi connectivity index (χ1n) is 3.88. The second-order valence-electron chi connectivity index (χ2n) is 2.98. The van der Waals surface area contributed by atoms with Crippen molar-refractivity contribution in [3.05, 3.63) is 0 Å². The van der Waals surface area contributed by atoms with Crippen LogP contribution in [0.25, 0.3) is 0 Å². The van der Waals surface area contributed by atoms with Gasteiger partial charge in [-0.05, 0) is 18.8 Å². The van der Waals surface area contributed by atoms with E-state index in [0.29, 0.717) is 12.5 Å². The van der Waals surface area contributed by atoms with E-state index in [0.717, 1.165) is 0 Å². The number of carbonyl (C=O) groups excluding carboxylic acids is 1. The van der Waals surface area contributed by atoms with E-state index in [4.69, 9.17) is 10.8 Å². The van der Waals surface area contributed by atoms with E-state index in [9.17, 15) is 4.79 Å². The molecule has 0 aromatic carbocycles. The molecule has 1 amide bonds. The highest BCUT2D eigenvalue weighted by Crippen LogP contribution is 2.27. The van der Waals surface area contributed by atoms with E-state index < -0.39 is 6.04 Å². The van der Waals surface area contributed by atoms with E-state index >= 15 is 0 Å². The molecule has 11 heavy (non-hydrogen) atoms. The van der Waals surface area contributed by atoms with Crippen LogP contribution in [0.4, 0.5) is 0 Å². The Bertz CT molecular complexity index is 145. The molecular weight excluding hydrogens is 144 g/mol. The molecule has 1 rings (SSSR count). The summed E-state index contributed by atoms with van der Waals surface area (Å²) in [6.45, 7) is 0.434. The first kappa shape index (κ1) is 8.49. The van der Waals surface area contributed by atoms with Crippen LogP contribution in [0.5, 0.6) is 0 Å². The molecule has 0 aliphatic heterocycles. The predicted molar refractivity (Wildman–Crippen MR) is 40.8 cm³/mol. The summed E-state index contributed by atoms with van der Waals surface area (Å²) in [5.41, 5.74) is 5.26. The highest BCUT2D eigenvalue weighted by Gasteiger charge is 2.22. The number of aliphatic hydroxyl groups is 1.